The van der Waals surface area contributed by atoms with E-state index in [1.165, 1.54) is 5.56 Å². The number of methoxy groups -OCH3 is 2. The summed E-state index contributed by atoms with van der Waals surface area (Å²) < 4.78 is 10.5. The molecule has 0 aliphatic rings. The van der Waals surface area contributed by atoms with Gasteiger partial charge in [0.15, 0.2) is 11.5 Å². The molecule has 3 aromatic carbocycles. The summed E-state index contributed by atoms with van der Waals surface area (Å²) in [6.07, 6.45) is 0.244. The number of ether oxygens (including phenoxy) is 2. The lowest BCUT2D eigenvalue weighted by Crippen LogP contribution is -2.14. The zero-order chi connectivity index (χ0) is 22.5. The number of aromatic nitrogens is 1. The molecule has 4 rings (SSSR count). The molecule has 0 unspecified atom stereocenters. The Morgan fingerprint density at radius 3 is 2.44 bits per heavy atom. The molecule has 0 bridgehead atoms. The molecule has 0 aliphatic carbocycles. The summed E-state index contributed by atoms with van der Waals surface area (Å²) in [5.41, 5.74) is 5.90. The third-order valence-corrected chi connectivity index (χ3v) is 6.03. The van der Waals surface area contributed by atoms with Crippen molar-refractivity contribution in [1.29, 1.82) is 0 Å². The molecule has 0 saturated carbocycles. The number of hydrogen-bond acceptors (Lipinski definition) is 5. The smallest absolute Gasteiger partial charge is 0.228 e. The number of hydrogen-bond donors (Lipinski definition) is 1. The van der Waals surface area contributed by atoms with Gasteiger partial charge in [-0.3, -0.25) is 4.79 Å². The summed E-state index contributed by atoms with van der Waals surface area (Å²) >= 11 is 1.63. The minimum atomic E-state index is -0.0968. The second-order valence-corrected chi connectivity index (χ2v) is 8.20. The van der Waals surface area contributed by atoms with Crippen molar-refractivity contribution in [3.63, 3.8) is 0 Å². The molecule has 0 radical (unpaired) electrons. The van der Waals surface area contributed by atoms with Crippen molar-refractivity contribution in [1.82, 2.24) is 4.98 Å². The zero-order valence-electron chi connectivity index (χ0n) is 18.2. The minimum absolute atomic E-state index is 0.0968. The normalized spacial score (nSPS) is 10.6. The van der Waals surface area contributed by atoms with Crippen molar-refractivity contribution in [2.75, 3.05) is 19.5 Å². The van der Waals surface area contributed by atoms with Gasteiger partial charge in [-0.25, -0.2) is 4.98 Å². The zero-order valence-corrected chi connectivity index (χ0v) is 19.0. The van der Waals surface area contributed by atoms with Gasteiger partial charge < -0.3 is 14.8 Å². The van der Waals surface area contributed by atoms with Crippen LogP contribution in [0, 0.1) is 6.92 Å². The Bertz CT molecular complexity index is 1230. The van der Waals surface area contributed by atoms with Crippen molar-refractivity contribution < 1.29 is 14.3 Å². The van der Waals surface area contributed by atoms with Crippen LogP contribution in [0.2, 0.25) is 0 Å². The van der Waals surface area contributed by atoms with E-state index in [1.807, 2.05) is 48.5 Å². The highest BCUT2D eigenvalue weighted by atomic mass is 32.1. The maximum Gasteiger partial charge on any atom is 0.228 e. The molecule has 1 amide bonds. The summed E-state index contributed by atoms with van der Waals surface area (Å²) in [6.45, 7) is 2.09. The molecule has 0 spiro atoms. The molecular weight excluding hydrogens is 420 g/mol. The van der Waals surface area contributed by atoms with Crippen molar-refractivity contribution >= 4 is 22.9 Å². The first-order chi connectivity index (χ1) is 15.6. The molecule has 162 valence electrons. The lowest BCUT2D eigenvalue weighted by Gasteiger charge is -2.10. The summed E-state index contributed by atoms with van der Waals surface area (Å²) in [5.74, 6) is 1.15. The monoisotopic (exact) mass is 444 g/mol. The summed E-state index contributed by atoms with van der Waals surface area (Å²) in [7, 11) is 3.17. The van der Waals surface area contributed by atoms with E-state index in [2.05, 4.69) is 29.8 Å². The van der Waals surface area contributed by atoms with Crippen LogP contribution in [0.1, 0.15) is 11.1 Å². The topological polar surface area (TPSA) is 60.5 Å². The number of anilines is 1. The van der Waals surface area contributed by atoms with E-state index in [9.17, 15) is 4.79 Å². The maximum absolute atomic E-state index is 12.5. The molecule has 1 N–H and O–H groups in total. The fraction of sp³-hybridized carbons (Fsp3) is 0.154. The second-order valence-electron chi connectivity index (χ2n) is 7.34. The standard InChI is InChI=1S/C26H24N2O3S/c1-17-6-4-5-7-21(17)26-28-22(16-32-26)19-9-11-20(12-10-19)27-25(29)15-18-8-13-23(30-2)24(14-18)31-3/h4-14,16H,15H2,1-3H3,(H,27,29). The van der Waals surface area contributed by atoms with Gasteiger partial charge in [-0.15, -0.1) is 11.3 Å². The Morgan fingerprint density at radius 1 is 0.969 bits per heavy atom. The van der Waals surface area contributed by atoms with Crippen LogP contribution in [0.25, 0.3) is 21.8 Å². The van der Waals surface area contributed by atoms with Gasteiger partial charge in [0.05, 0.1) is 26.3 Å². The number of benzene rings is 3. The van der Waals surface area contributed by atoms with Crippen LogP contribution in [0.3, 0.4) is 0 Å². The quantitative estimate of drug-likeness (QED) is 0.381. The van der Waals surface area contributed by atoms with Gasteiger partial charge in [-0.05, 0) is 42.3 Å². The fourth-order valence-corrected chi connectivity index (χ4v) is 4.37. The molecule has 6 heteroatoms. The lowest BCUT2D eigenvalue weighted by molar-refractivity contribution is -0.115. The number of nitrogens with one attached hydrogen (secondary N) is 1. The average Bonchev–Trinajstić information content (AvgIpc) is 3.29. The first kappa shape index (κ1) is 21.6. The predicted octanol–water partition coefficient (Wildman–Crippen LogP) is 5.98. The largest absolute Gasteiger partial charge is 0.493 e. The van der Waals surface area contributed by atoms with E-state index in [4.69, 9.17) is 14.5 Å². The molecule has 4 aromatic rings. The van der Waals surface area contributed by atoms with Gasteiger partial charge in [-0.1, -0.05) is 42.5 Å². The number of thiazole rings is 1. The van der Waals surface area contributed by atoms with Crippen molar-refractivity contribution in [3.8, 4) is 33.3 Å². The Morgan fingerprint density at radius 2 is 1.72 bits per heavy atom. The molecule has 0 atom stereocenters. The average molecular weight is 445 g/mol. The molecule has 0 fully saturated rings. The number of rotatable bonds is 7. The predicted molar refractivity (Wildman–Crippen MR) is 130 cm³/mol. The first-order valence-electron chi connectivity index (χ1n) is 10.2. The Labute approximate surface area is 191 Å². The van der Waals surface area contributed by atoms with Crippen LogP contribution in [0.4, 0.5) is 5.69 Å². The highest BCUT2D eigenvalue weighted by molar-refractivity contribution is 7.13. The van der Waals surface area contributed by atoms with Crippen LogP contribution >= 0.6 is 11.3 Å². The Hall–Kier alpha value is -3.64. The number of carbonyl (C=O) groups is 1. The second kappa shape index (κ2) is 9.66. The van der Waals surface area contributed by atoms with Gasteiger partial charge >= 0.3 is 0 Å². The maximum atomic E-state index is 12.5. The number of nitrogens with zero attached hydrogens (tertiary/aromatic N) is 1. The van der Waals surface area contributed by atoms with Crippen LogP contribution < -0.4 is 14.8 Å². The van der Waals surface area contributed by atoms with Gasteiger partial charge in [0.25, 0.3) is 0 Å². The van der Waals surface area contributed by atoms with Crippen LogP contribution in [-0.2, 0) is 11.2 Å². The molecular formula is C26H24N2O3S. The molecule has 1 aromatic heterocycles. The molecule has 5 nitrogen and oxygen atoms in total. The SMILES string of the molecule is COc1ccc(CC(=O)Nc2ccc(-c3csc(-c4ccccc4C)n3)cc2)cc1OC. The number of aryl methyl sites for hydroxylation is 1. The van der Waals surface area contributed by atoms with Gasteiger partial charge in [-0.2, -0.15) is 0 Å². The van der Waals surface area contributed by atoms with E-state index < -0.39 is 0 Å². The van der Waals surface area contributed by atoms with Crippen molar-refractivity contribution in [2.45, 2.75) is 13.3 Å². The van der Waals surface area contributed by atoms with Crippen molar-refractivity contribution in [3.05, 3.63) is 83.2 Å². The molecule has 0 saturated heterocycles. The van der Waals surface area contributed by atoms with Crippen LogP contribution in [0.15, 0.2) is 72.1 Å². The third kappa shape index (κ3) is 4.81. The highest BCUT2D eigenvalue weighted by Gasteiger charge is 2.11. The Kier molecular flexibility index (Phi) is 6.52. The first-order valence-corrected chi connectivity index (χ1v) is 11.1. The van der Waals surface area contributed by atoms with E-state index in [0.717, 1.165) is 33.1 Å². The van der Waals surface area contributed by atoms with E-state index in [0.29, 0.717) is 11.5 Å². The minimum Gasteiger partial charge on any atom is -0.493 e. The van der Waals surface area contributed by atoms with Gasteiger partial charge in [0.2, 0.25) is 5.91 Å². The van der Waals surface area contributed by atoms with Gasteiger partial charge in [0, 0.05) is 22.2 Å². The third-order valence-electron chi connectivity index (χ3n) is 5.16. The van der Waals surface area contributed by atoms with E-state index in [1.54, 1.807) is 31.6 Å². The van der Waals surface area contributed by atoms with E-state index >= 15 is 0 Å². The fourth-order valence-electron chi connectivity index (χ4n) is 3.45. The summed E-state index contributed by atoms with van der Waals surface area (Å²) in [5, 5.41) is 6.01. The van der Waals surface area contributed by atoms with E-state index in [-0.39, 0.29) is 12.3 Å². The number of carbonyl (C=O) groups excluding carboxylic acids is 1. The number of amides is 1. The molecule has 1 heterocycles. The van der Waals surface area contributed by atoms with Gasteiger partial charge in [0.1, 0.15) is 5.01 Å². The molecule has 32 heavy (non-hydrogen) atoms. The van der Waals surface area contributed by atoms with Crippen LogP contribution in [0.5, 0.6) is 11.5 Å². The molecule has 0 aliphatic heterocycles. The van der Waals surface area contributed by atoms with Crippen LogP contribution in [-0.4, -0.2) is 25.1 Å². The Balaban J connectivity index is 1.42. The lowest BCUT2D eigenvalue weighted by atomic mass is 10.1. The highest BCUT2D eigenvalue weighted by Crippen LogP contribution is 2.31. The van der Waals surface area contributed by atoms with Crippen molar-refractivity contribution in [2.24, 2.45) is 0 Å². The summed E-state index contributed by atoms with van der Waals surface area (Å²) in [6, 6.07) is 21.5. The summed E-state index contributed by atoms with van der Waals surface area (Å²) in [4.78, 5) is 17.3.